The number of esters is 1. The number of hydrazone groups is 1. The van der Waals surface area contributed by atoms with Crippen LogP contribution in [-0.2, 0) is 9.53 Å². The van der Waals surface area contributed by atoms with Gasteiger partial charge in [0, 0.05) is 6.04 Å². The lowest BCUT2D eigenvalue weighted by molar-refractivity contribution is -0.134. The molecule has 2 rings (SSSR count). The number of anilines is 1. The summed E-state index contributed by atoms with van der Waals surface area (Å²) < 4.78 is 4.70. The minimum Gasteiger partial charge on any atom is -0.461 e. The number of nitriles is 1. The third-order valence-corrected chi connectivity index (χ3v) is 3.66. The van der Waals surface area contributed by atoms with Crippen LogP contribution in [0.4, 0.5) is 5.82 Å². The van der Waals surface area contributed by atoms with Crippen molar-refractivity contribution in [2.45, 2.75) is 45.1 Å². The highest BCUT2D eigenvalue weighted by Gasteiger charge is 2.20. The SMILES string of the molecule is CCOC(=O)C(C#N)=NNc1nc[nH]c1C(=O)NC1CCCCC1. The molecule has 0 aliphatic heterocycles. The largest absolute Gasteiger partial charge is 0.461 e. The van der Waals surface area contributed by atoms with Gasteiger partial charge in [0.15, 0.2) is 5.82 Å². The molecule has 1 aromatic heterocycles. The van der Waals surface area contributed by atoms with Gasteiger partial charge in [-0.05, 0) is 19.8 Å². The van der Waals surface area contributed by atoms with Crippen LogP contribution in [0.25, 0.3) is 0 Å². The highest BCUT2D eigenvalue weighted by molar-refractivity contribution is 6.43. The number of hydrogen-bond donors (Lipinski definition) is 3. The summed E-state index contributed by atoms with van der Waals surface area (Å²) >= 11 is 0. The number of ether oxygens (including phenoxy) is 1. The number of H-pyrrole nitrogens is 1. The third-order valence-electron chi connectivity index (χ3n) is 3.66. The van der Waals surface area contributed by atoms with Crippen molar-refractivity contribution < 1.29 is 14.3 Å². The van der Waals surface area contributed by atoms with Gasteiger partial charge in [-0.25, -0.2) is 9.78 Å². The molecule has 1 heterocycles. The van der Waals surface area contributed by atoms with E-state index in [1.165, 1.54) is 12.7 Å². The van der Waals surface area contributed by atoms with Crippen molar-refractivity contribution in [3.05, 3.63) is 12.0 Å². The van der Waals surface area contributed by atoms with Crippen LogP contribution in [0.15, 0.2) is 11.4 Å². The minimum atomic E-state index is -0.837. The van der Waals surface area contributed by atoms with Gasteiger partial charge in [0.05, 0.1) is 12.9 Å². The van der Waals surface area contributed by atoms with E-state index in [-0.39, 0.29) is 30.1 Å². The fraction of sp³-hybridized carbons (Fsp3) is 0.533. The maximum Gasteiger partial charge on any atom is 0.369 e. The molecule has 128 valence electrons. The van der Waals surface area contributed by atoms with Crippen molar-refractivity contribution in [1.29, 1.82) is 5.26 Å². The van der Waals surface area contributed by atoms with Crippen LogP contribution in [0.1, 0.15) is 49.5 Å². The molecule has 1 aliphatic rings. The van der Waals surface area contributed by atoms with Crippen LogP contribution in [0.3, 0.4) is 0 Å². The van der Waals surface area contributed by atoms with Crippen LogP contribution < -0.4 is 10.7 Å². The summed E-state index contributed by atoms with van der Waals surface area (Å²) in [5.41, 5.74) is 2.22. The first kappa shape index (κ1) is 17.5. The Balaban J connectivity index is 2.02. The number of carbonyl (C=O) groups excluding carboxylic acids is 2. The average Bonchev–Trinajstić information content (AvgIpc) is 3.05. The van der Waals surface area contributed by atoms with Crippen molar-refractivity contribution in [1.82, 2.24) is 15.3 Å². The standard InChI is InChI=1S/C15H20N6O3/c1-2-24-15(23)11(8-16)20-21-13-12(17-9-18-13)14(22)19-10-6-4-3-5-7-10/h9-10,21H,2-7H2,1H3,(H,17,18)(H,19,22). The van der Waals surface area contributed by atoms with Gasteiger partial charge in [0.2, 0.25) is 5.71 Å². The molecule has 0 bridgehead atoms. The number of aromatic nitrogens is 2. The van der Waals surface area contributed by atoms with Gasteiger partial charge in [0.25, 0.3) is 5.91 Å². The van der Waals surface area contributed by atoms with Crippen LogP contribution in [0.5, 0.6) is 0 Å². The Kier molecular flexibility index (Phi) is 6.31. The van der Waals surface area contributed by atoms with E-state index >= 15 is 0 Å². The number of nitrogens with zero attached hydrogens (tertiary/aromatic N) is 3. The quantitative estimate of drug-likeness (QED) is 0.409. The number of aromatic amines is 1. The zero-order valence-electron chi connectivity index (χ0n) is 13.5. The van der Waals surface area contributed by atoms with Crippen LogP contribution in [0, 0.1) is 11.3 Å². The topological polar surface area (TPSA) is 132 Å². The van der Waals surface area contributed by atoms with Crippen molar-refractivity contribution in [2.24, 2.45) is 5.10 Å². The predicted molar refractivity (Wildman–Crippen MR) is 86.2 cm³/mol. The normalized spacial score (nSPS) is 15.4. The molecule has 1 aliphatic carbocycles. The second kappa shape index (κ2) is 8.67. The Bertz CT molecular complexity index is 654. The Morgan fingerprint density at radius 2 is 2.21 bits per heavy atom. The molecule has 0 unspecified atom stereocenters. The molecule has 1 saturated carbocycles. The number of hydrogen-bond acceptors (Lipinski definition) is 7. The van der Waals surface area contributed by atoms with Crippen molar-refractivity contribution in [3.63, 3.8) is 0 Å². The molecule has 0 aromatic carbocycles. The van der Waals surface area contributed by atoms with Crippen molar-refractivity contribution in [2.75, 3.05) is 12.0 Å². The number of rotatable bonds is 6. The van der Waals surface area contributed by atoms with Gasteiger partial charge in [-0.3, -0.25) is 10.2 Å². The van der Waals surface area contributed by atoms with E-state index < -0.39 is 11.7 Å². The van der Waals surface area contributed by atoms with E-state index in [0.29, 0.717) is 0 Å². The lowest BCUT2D eigenvalue weighted by Crippen LogP contribution is -2.36. The second-order valence-electron chi connectivity index (χ2n) is 5.34. The van der Waals surface area contributed by atoms with Crippen LogP contribution >= 0.6 is 0 Å². The summed E-state index contributed by atoms with van der Waals surface area (Å²) in [4.78, 5) is 30.5. The Morgan fingerprint density at radius 3 is 2.88 bits per heavy atom. The molecular formula is C15H20N6O3. The number of carbonyl (C=O) groups is 2. The number of nitrogens with one attached hydrogen (secondary N) is 3. The molecule has 0 saturated heterocycles. The zero-order valence-corrected chi connectivity index (χ0v) is 13.5. The van der Waals surface area contributed by atoms with Crippen LogP contribution in [-0.4, -0.2) is 40.2 Å². The minimum absolute atomic E-state index is 0.136. The second-order valence-corrected chi connectivity index (χ2v) is 5.34. The van der Waals surface area contributed by atoms with E-state index in [1.807, 2.05) is 0 Å². The predicted octanol–water partition coefficient (Wildman–Crippen LogP) is 1.33. The first-order chi connectivity index (χ1) is 11.7. The van der Waals surface area contributed by atoms with Crippen molar-refractivity contribution >= 4 is 23.4 Å². The van der Waals surface area contributed by atoms with E-state index in [1.54, 1.807) is 13.0 Å². The smallest absolute Gasteiger partial charge is 0.369 e. The summed E-state index contributed by atoms with van der Waals surface area (Å²) in [6.07, 6.45) is 6.67. The van der Waals surface area contributed by atoms with Crippen molar-refractivity contribution in [3.8, 4) is 6.07 Å². The zero-order chi connectivity index (χ0) is 17.4. The molecule has 0 spiro atoms. The third kappa shape index (κ3) is 4.55. The molecule has 3 N–H and O–H groups in total. The highest BCUT2D eigenvalue weighted by atomic mass is 16.5. The van der Waals surface area contributed by atoms with E-state index in [4.69, 9.17) is 10.00 Å². The summed E-state index contributed by atoms with van der Waals surface area (Å²) in [6, 6.07) is 1.79. The highest BCUT2D eigenvalue weighted by Crippen LogP contribution is 2.18. The lowest BCUT2D eigenvalue weighted by Gasteiger charge is -2.22. The molecular weight excluding hydrogens is 312 g/mol. The molecule has 9 nitrogen and oxygen atoms in total. The maximum absolute atomic E-state index is 12.3. The molecule has 1 fully saturated rings. The van der Waals surface area contributed by atoms with Gasteiger partial charge < -0.3 is 15.0 Å². The van der Waals surface area contributed by atoms with Crippen LogP contribution in [0.2, 0.25) is 0 Å². The first-order valence-corrected chi connectivity index (χ1v) is 7.90. The average molecular weight is 332 g/mol. The van der Waals surface area contributed by atoms with E-state index in [9.17, 15) is 9.59 Å². The van der Waals surface area contributed by atoms with E-state index in [0.717, 1.165) is 25.7 Å². The van der Waals surface area contributed by atoms with Gasteiger partial charge in [-0.2, -0.15) is 10.4 Å². The molecule has 0 radical (unpaired) electrons. The fourth-order valence-electron chi connectivity index (χ4n) is 2.48. The van der Waals surface area contributed by atoms with Gasteiger partial charge in [-0.15, -0.1) is 0 Å². The number of imidazole rings is 1. The summed E-state index contributed by atoms with van der Waals surface area (Å²) in [5, 5.41) is 15.5. The summed E-state index contributed by atoms with van der Waals surface area (Å²) in [7, 11) is 0. The monoisotopic (exact) mass is 332 g/mol. The maximum atomic E-state index is 12.3. The van der Waals surface area contributed by atoms with Gasteiger partial charge >= 0.3 is 5.97 Å². The summed E-state index contributed by atoms with van der Waals surface area (Å²) in [6.45, 7) is 1.76. The molecule has 9 heteroatoms. The van der Waals surface area contributed by atoms with Gasteiger partial charge in [-0.1, -0.05) is 19.3 Å². The fourth-order valence-corrected chi connectivity index (χ4v) is 2.48. The lowest BCUT2D eigenvalue weighted by atomic mass is 9.95. The Morgan fingerprint density at radius 1 is 1.46 bits per heavy atom. The van der Waals surface area contributed by atoms with E-state index in [2.05, 4.69) is 25.8 Å². The number of amides is 1. The molecule has 0 atom stereocenters. The Labute approximate surface area is 139 Å². The van der Waals surface area contributed by atoms with Gasteiger partial charge in [0.1, 0.15) is 11.8 Å². The Hall–Kier alpha value is -2.89. The molecule has 1 aromatic rings. The summed E-state index contributed by atoms with van der Waals surface area (Å²) in [5.74, 6) is -0.997. The molecule has 24 heavy (non-hydrogen) atoms. The first-order valence-electron chi connectivity index (χ1n) is 7.90. The molecule has 1 amide bonds.